The summed E-state index contributed by atoms with van der Waals surface area (Å²) < 4.78 is 5.62. The Bertz CT molecular complexity index is 727. The molecule has 4 heterocycles. The fraction of sp³-hybridized carbons (Fsp3) is 0.611. The summed E-state index contributed by atoms with van der Waals surface area (Å²) in [5.41, 5.74) is 1.23. The van der Waals surface area contributed by atoms with E-state index in [0.717, 1.165) is 62.0 Å². The van der Waals surface area contributed by atoms with Crippen LogP contribution in [0, 0.1) is 18.8 Å². The van der Waals surface area contributed by atoms with Crippen LogP contribution in [0.25, 0.3) is 0 Å². The van der Waals surface area contributed by atoms with Crippen LogP contribution in [0.1, 0.15) is 36.1 Å². The third-order valence-electron chi connectivity index (χ3n) is 5.58. The molecule has 24 heavy (non-hydrogen) atoms. The molecule has 3 aliphatic rings. The Morgan fingerprint density at radius 2 is 1.88 bits per heavy atom. The van der Waals surface area contributed by atoms with E-state index >= 15 is 0 Å². The highest BCUT2D eigenvalue weighted by molar-refractivity contribution is 5.42. The van der Waals surface area contributed by atoms with Gasteiger partial charge in [0.25, 0.3) is 0 Å². The second-order valence-electron chi connectivity index (χ2n) is 7.56. The van der Waals surface area contributed by atoms with Gasteiger partial charge in [-0.25, -0.2) is 15.0 Å². The van der Waals surface area contributed by atoms with E-state index in [1.54, 1.807) is 12.5 Å². The Morgan fingerprint density at radius 1 is 1.08 bits per heavy atom. The van der Waals surface area contributed by atoms with E-state index in [9.17, 15) is 0 Å². The maximum Gasteiger partial charge on any atom is 0.208 e. The standard InChI is InChI=1S/C18H23N5O/c1-12-5-19-18(24-12)10-22-6-14-8-23(9-15(14)7-22)17-4-16(13-2-3-13)20-11-21-17/h4-5,11,13-15H,2-3,6-10H2,1H3. The van der Waals surface area contributed by atoms with Gasteiger partial charge in [-0.1, -0.05) is 0 Å². The normalized spacial score (nSPS) is 27.0. The molecule has 2 saturated heterocycles. The Labute approximate surface area is 141 Å². The van der Waals surface area contributed by atoms with E-state index in [2.05, 4.69) is 30.8 Å². The largest absolute Gasteiger partial charge is 0.445 e. The van der Waals surface area contributed by atoms with Gasteiger partial charge in [0.2, 0.25) is 5.89 Å². The lowest BCUT2D eigenvalue weighted by atomic mass is 10.0. The van der Waals surface area contributed by atoms with Crippen LogP contribution in [0.3, 0.4) is 0 Å². The molecule has 2 unspecified atom stereocenters. The molecule has 2 aliphatic heterocycles. The van der Waals surface area contributed by atoms with Crippen LogP contribution in [-0.4, -0.2) is 46.0 Å². The first kappa shape index (κ1) is 14.4. The van der Waals surface area contributed by atoms with E-state index in [0.29, 0.717) is 5.92 Å². The second-order valence-corrected chi connectivity index (χ2v) is 7.56. The second kappa shape index (κ2) is 5.55. The predicted octanol–water partition coefficient (Wildman–Crippen LogP) is 2.22. The zero-order chi connectivity index (χ0) is 16.1. The maximum atomic E-state index is 5.62. The number of oxazole rings is 1. The average molecular weight is 325 g/mol. The van der Waals surface area contributed by atoms with Crippen LogP contribution >= 0.6 is 0 Å². The van der Waals surface area contributed by atoms with Crippen molar-refractivity contribution >= 4 is 5.82 Å². The SMILES string of the molecule is Cc1cnc(CN2CC3CN(c4cc(C5CC5)ncn4)CC3C2)o1. The monoisotopic (exact) mass is 325 g/mol. The fourth-order valence-corrected chi connectivity index (χ4v) is 4.21. The topological polar surface area (TPSA) is 58.3 Å². The van der Waals surface area contributed by atoms with Crippen molar-refractivity contribution in [3.05, 3.63) is 35.9 Å². The van der Waals surface area contributed by atoms with Gasteiger partial charge >= 0.3 is 0 Å². The first-order chi connectivity index (χ1) is 11.7. The third-order valence-corrected chi connectivity index (χ3v) is 5.58. The van der Waals surface area contributed by atoms with Crippen molar-refractivity contribution in [1.82, 2.24) is 19.9 Å². The van der Waals surface area contributed by atoms with Crippen LogP contribution in [0.5, 0.6) is 0 Å². The lowest BCUT2D eigenvalue weighted by molar-refractivity contribution is 0.271. The molecule has 126 valence electrons. The quantitative estimate of drug-likeness (QED) is 0.859. The minimum Gasteiger partial charge on any atom is -0.445 e. The van der Waals surface area contributed by atoms with Crippen molar-refractivity contribution in [1.29, 1.82) is 0 Å². The van der Waals surface area contributed by atoms with Crippen LogP contribution in [0.2, 0.25) is 0 Å². The zero-order valence-corrected chi connectivity index (χ0v) is 14.1. The van der Waals surface area contributed by atoms with Gasteiger partial charge in [-0.15, -0.1) is 0 Å². The van der Waals surface area contributed by atoms with Gasteiger partial charge in [-0.05, 0) is 31.6 Å². The molecule has 0 aromatic carbocycles. The fourth-order valence-electron chi connectivity index (χ4n) is 4.21. The van der Waals surface area contributed by atoms with Crippen molar-refractivity contribution in [2.24, 2.45) is 11.8 Å². The van der Waals surface area contributed by atoms with Crippen molar-refractivity contribution in [3.63, 3.8) is 0 Å². The Morgan fingerprint density at radius 3 is 2.54 bits per heavy atom. The maximum absolute atomic E-state index is 5.62. The number of anilines is 1. The average Bonchev–Trinajstić information content (AvgIpc) is 3.09. The van der Waals surface area contributed by atoms with Gasteiger partial charge in [-0.2, -0.15) is 0 Å². The van der Waals surface area contributed by atoms with Crippen molar-refractivity contribution in [2.75, 3.05) is 31.1 Å². The van der Waals surface area contributed by atoms with E-state index in [4.69, 9.17) is 4.42 Å². The van der Waals surface area contributed by atoms with E-state index in [1.165, 1.54) is 18.5 Å². The molecule has 0 amide bonds. The molecule has 0 bridgehead atoms. The summed E-state index contributed by atoms with van der Waals surface area (Å²) in [6, 6.07) is 2.21. The Hall–Kier alpha value is -1.95. The number of hydrogen-bond donors (Lipinski definition) is 0. The molecule has 3 fully saturated rings. The number of rotatable bonds is 4. The van der Waals surface area contributed by atoms with Crippen LogP contribution < -0.4 is 4.90 Å². The molecule has 6 nitrogen and oxygen atoms in total. The first-order valence-electron chi connectivity index (χ1n) is 8.95. The minimum atomic E-state index is 0.689. The molecule has 2 atom stereocenters. The molecule has 0 spiro atoms. The molecule has 2 aromatic rings. The lowest BCUT2D eigenvalue weighted by Gasteiger charge is -2.21. The number of aryl methyl sites for hydroxylation is 1. The Kier molecular flexibility index (Phi) is 3.33. The summed E-state index contributed by atoms with van der Waals surface area (Å²) in [6.45, 7) is 7.25. The number of hydrogen-bond acceptors (Lipinski definition) is 6. The molecule has 2 aromatic heterocycles. The van der Waals surface area contributed by atoms with Crippen LogP contribution in [-0.2, 0) is 6.54 Å². The highest BCUT2D eigenvalue weighted by Crippen LogP contribution is 2.40. The molecule has 6 heteroatoms. The van der Waals surface area contributed by atoms with E-state index < -0.39 is 0 Å². The van der Waals surface area contributed by atoms with E-state index in [-0.39, 0.29) is 0 Å². The number of fused-ring (bicyclic) bond motifs is 1. The van der Waals surface area contributed by atoms with Crippen LogP contribution in [0.15, 0.2) is 23.0 Å². The molecule has 5 rings (SSSR count). The molecule has 1 aliphatic carbocycles. The molecular formula is C18H23N5O. The number of aromatic nitrogens is 3. The van der Waals surface area contributed by atoms with Crippen LogP contribution in [0.4, 0.5) is 5.82 Å². The highest BCUT2D eigenvalue weighted by Gasteiger charge is 2.40. The summed E-state index contributed by atoms with van der Waals surface area (Å²) in [5.74, 6) is 4.99. The smallest absolute Gasteiger partial charge is 0.208 e. The summed E-state index contributed by atoms with van der Waals surface area (Å²) in [7, 11) is 0. The minimum absolute atomic E-state index is 0.689. The zero-order valence-electron chi connectivity index (χ0n) is 14.1. The van der Waals surface area contributed by atoms with Gasteiger partial charge in [0.1, 0.15) is 17.9 Å². The van der Waals surface area contributed by atoms with Gasteiger partial charge in [0, 0.05) is 43.9 Å². The van der Waals surface area contributed by atoms with E-state index in [1.807, 2.05) is 6.92 Å². The summed E-state index contributed by atoms with van der Waals surface area (Å²) >= 11 is 0. The summed E-state index contributed by atoms with van der Waals surface area (Å²) in [4.78, 5) is 18.2. The summed E-state index contributed by atoms with van der Waals surface area (Å²) in [6.07, 6.45) is 6.13. The Balaban J connectivity index is 1.22. The van der Waals surface area contributed by atoms with Crippen molar-refractivity contribution in [2.45, 2.75) is 32.2 Å². The van der Waals surface area contributed by atoms with Crippen molar-refractivity contribution in [3.8, 4) is 0 Å². The predicted molar refractivity (Wildman–Crippen MR) is 89.7 cm³/mol. The molecule has 0 N–H and O–H groups in total. The van der Waals surface area contributed by atoms with Crippen molar-refractivity contribution < 1.29 is 4.42 Å². The number of nitrogens with zero attached hydrogens (tertiary/aromatic N) is 5. The van der Waals surface area contributed by atoms with Gasteiger partial charge in [0.05, 0.1) is 12.7 Å². The molecular weight excluding hydrogens is 302 g/mol. The van der Waals surface area contributed by atoms with Gasteiger partial charge in [0.15, 0.2) is 0 Å². The van der Waals surface area contributed by atoms with Gasteiger partial charge < -0.3 is 9.32 Å². The molecule has 0 radical (unpaired) electrons. The third kappa shape index (κ3) is 2.69. The molecule has 1 saturated carbocycles. The lowest BCUT2D eigenvalue weighted by Crippen LogP contribution is -2.29. The summed E-state index contributed by atoms with van der Waals surface area (Å²) in [5, 5.41) is 0. The number of likely N-dealkylation sites (tertiary alicyclic amines) is 1. The highest BCUT2D eigenvalue weighted by atomic mass is 16.4. The first-order valence-corrected chi connectivity index (χ1v) is 8.95. The van der Waals surface area contributed by atoms with Gasteiger partial charge in [-0.3, -0.25) is 4.90 Å².